The number of carbonyl (C=O) groups is 1. The molecule has 1 aromatic carbocycles. The lowest BCUT2D eigenvalue weighted by molar-refractivity contribution is -0.0391. The molecule has 2 aromatic rings. The minimum absolute atomic E-state index is 0.0574. The van der Waals surface area contributed by atoms with Crippen molar-refractivity contribution in [3.05, 3.63) is 48.3 Å². The highest BCUT2D eigenvalue weighted by Crippen LogP contribution is 2.25. The Hall–Kier alpha value is -2.18. The second-order valence-corrected chi connectivity index (χ2v) is 6.76. The minimum Gasteiger partial charge on any atom is -0.387 e. The molecule has 1 saturated heterocycles. The van der Waals surface area contributed by atoms with Crippen LogP contribution in [0.5, 0.6) is 0 Å². The van der Waals surface area contributed by atoms with Crippen LogP contribution in [0.15, 0.2) is 42.7 Å². The molecule has 1 aliphatic heterocycles. The van der Waals surface area contributed by atoms with E-state index < -0.39 is 5.60 Å². The summed E-state index contributed by atoms with van der Waals surface area (Å²) in [6.45, 7) is 1.58. The fourth-order valence-corrected chi connectivity index (χ4v) is 3.44. The van der Waals surface area contributed by atoms with Crippen molar-refractivity contribution in [1.82, 2.24) is 19.6 Å². The fourth-order valence-electron chi connectivity index (χ4n) is 3.44. The number of carbonyl (C=O) groups excluding carboxylic acids is 1. The number of hydrogen-bond acceptors (Lipinski definition) is 4. The molecule has 0 radical (unpaired) electrons. The van der Waals surface area contributed by atoms with Gasteiger partial charge in [0.1, 0.15) is 0 Å². The largest absolute Gasteiger partial charge is 0.387 e. The Morgan fingerprint density at radius 2 is 2.12 bits per heavy atom. The minimum atomic E-state index is -0.849. The molecule has 0 saturated carbocycles. The van der Waals surface area contributed by atoms with E-state index in [9.17, 15) is 9.90 Å². The van der Waals surface area contributed by atoms with Crippen molar-refractivity contribution in [2.75, 3.05) is 33.7 Å². The summed E-state index contributed by atoms with van der Waals surface area (Å²) in [7, 11) is 3.87. The van der Waals surface area contributed by atoms with Gasteiger partial charge < -0.3 is 14.9 Å². The smallest absolute Gasteiger partial charge is 0.256 e. The van der Waals surface area contributed by atoms with Crippen LogP contribution in [-0.2, 0) is 0 Å². The summed E-state index contributed by atoms with van der Waals surface area (Å²) in [5.74, 6) is -0.0574. The first-order valence-electron chi connectivity index (χ1n) is 8.24. The number of para-hydroxylation sites is 1. The van der Waals surface area contributed by atoms with Gasteiger partial charge in [0.05, 0.1) is 23.4 Å². The fraction of sp³-hybridized carbons (Fsp3) is 0.444. The van der Waals surface area contributed by atoms with Crippen molar-refractivity contribution in [2.24, 2.45) is 0 Å². The number of β-amino-alcohol motifs (C(OH)–C–C–N with tert-alkyl or cyclic N) is 1. The number of rotatable bonds is 4. The van der Waals surface area contributed by atoms with Crippen molar-refractivity contribution in [3.8, 4) is 5.69 Å². The lowest BCUT2D eigenvalue weighted by atomic mass is 9.92. The third-order valence-corrected chi connectivity index (χ3v) is 4.34. The van der Waals surface area contributed by atoms with E-state index in [2.05, 4.69) is 5.10 Å². The summed E-state index contributed by atoms with van der Waals surface area (Å²) >= 11 is 0. The normalized spacial score (nSPS) is 21.2. The quantitative estimate of drug-likeness (QED) is 0.922. The average molecular weight is 328 g/mol. The van der Waals surface area contributed by atoms with Crippen molar-refractivity contribution in [3.63, 3.8) is 0 Å². The van der Waals surface area contributed by atoms with E-state index in [-0.39, 0.29) is 5.91 Å². The molecular formula is C18H24N4O2. The van der Waals surface area contributed by atoms with Crippen LogP contribution in [0.1, 0.15) is 23.2 Å². The van der Waals surface area contributed by atoms with Crippen LogP contribution >= 0.6 is 0 Å². The number of hydrogen-bond donors (Lipinski definition) is 1. The highest BCUT2D eigenvalue weighted by atomic mass is 16.3. The summed E-state index contributed by atoms with van der Waals surface area (Å²) in [6, 6.07) is 9.29. The van der Waals surface area contributed by atoms with Crippen molar-refractivity contribution in [1.29, 1.82) is 0 Å². The van der Waals surface area contributed by atoms with Gasteiger partial charge in [0.15, 0.2) is 0 Å². The van der Waals surface area contributed by atoms with E-state index in [0.29, 0.717) is 25.2 Å². The molecular weight excluding hydrogens is 304 g/mol. The summed E-state index contributed by atoms with van der Waals surface area (Å²) < 4.78 is 1.70. The third-order valence-electron chi connectivity index (χ3n) is 4.34. The number of nitrogens with zero attached hydrogens (tertiary/aromatic N) is 4. The molecule has 0 spiro atoms. The van der Waals surface area contributed by atoms with E-state index in [1.54, 1.807) is 15.8 Å². The highest BCUT2D eigenvalue weighted by molar-refractivity contribution is 5.97. The molecule has 1 aliphatic rings. The van der Waals surface area contributed by atoms with Gasteiger partial charge in [-0.1, -0.05) is 12.1 Å². The zero-order chi connectivity index (χ0) is 17.2. The maximum Gasteiger partial charge on any atom is 0.256 e. The van der Waals surface area contributed by atoms with Gasteiger partial charge in [0, 0.05) is 25.5 Å². The molecule has 24 heavy (non-hydrogen) atoms. The molecule has 0 bridgehead atoms. The number of aliphatic hydroxyl groups is 1. The van der Waals surface area contributed by atoms with Crippen LogP contribution in [0.3, 0.4) is 0 Å². The molecule has 0 aliphatic carbocycles. The van der Waals surface area contributed by atoms with Crippen LogP contribution in [0, 0.1) is 0 Å². The topological polar surface area (TPSA) is 61.6 Å². The molecule has 3 rings (SSSR count). The molecule has 6 heteroatoms. The van der Waals surface area contributed by atoms with Crippen molar-refractivity contribution < 1.29 is 9.90 Å². The monoisotopic (exact) mass is 328 g/mol. The van der Waals surface area contributed by atoms with E-state index in [4.69, 9.17) is 0 Å². The third kappa shape index (κ3) is 3.49. The van der Waals surface area contributed by atoms with E-state index in [0.717, 1.165) is 18.5 Å². The summed E-state index contributed by atoms with van der Waals surface area (Å²) in [5.41, 5.74) is 0.516. The lowest BCUT2D eigenvalue weighted by Crippen LogP contribution is -2.54. The van der Waals surface area contributed by atoms with E-state index in [1.165, 1.54) is 0 Å². The Morgan fingerprint density at radius 1 is 1.33 bits per heavy atom. The van der Waals surface area contributed by atoms with Gasteiger partial charge in [-0.2, -0.15) is 5.10 Å². The van der Waals surface area contributed by atoms with Crippen LogP contribution in [0.4, 0.5) is 0 Å². The van der Waals surface area contributed by atoms with Gasteiger partial charge in [-0.25, -0.2) is 4.68 Å². The number of likely N-dealkylation sites (N-methyl/N-ethyl adjacent to an activating group) is 1. The first kappa shape index (κ1) is 16.7. The first-order valence-corrected chi connectivity index (χ1v) is 8.24. The zero-order valence-corrected chi connectivity index (χ0v) is 14.2. The van der Waals surface area contributed by atoms with Gasteiger partial charge >= 0.3 is 0 Å². The molecule has 1 fully saturated rings. The van der Waals surface area contributed by atoms with Gasteiger partial charge in [-0.05, 0) is 45.1 Å². The van der Waals surface area contributed by atoms with Gasteiger partial charge in [-0.3, -0.25) is 4.79 Å². The SMILES string of the molecule is CN(C)CC1(O)CCCN(C(=O)c2ccccc2-n2cccn2)C1. The molecule has 2 heterocycles. The van der Waals surface area contributed by atoms with Crippen LogP contribution in [0.2, 0.25) is 0 Å². The number of likely N-dealkylation sites (tertiary alicyclic amines) is 1. The zero-order valence-electron chi connectivity index (χ0n) is 14.2. The second-order valence-electron chi connectivity index (χ2n) is 6.76. The average Bonchev–Trinajstić information content (AvgIpc) is 3.07. The van der Waals surface area contributed by atoms with E-state index >= 15 is 0 Å². The van der Waals surface area contributed by atoms with Crippen LogP contribution in [0.25, 0.3) is 5.69 Å². The lowest BCUT2D eigenvalue weighted by Gasteiger charge is -2.40. The molecule has 6 nitrogen and oxygen atoms in total. The summed E-state index contributed by atoms with van der Waals surface area (Å²) in [6.07, 6.45) is 5.04. The number of aromatic nitrogens is 2. The molecule has 1 unspecified atom stereocenters. The van der Waals surface area contributed by atoms with Gasteiger partial charge in [0.25, 0.3) is 5.91 Å². The van der Waals surface area contributed by atoms with Crippen LogP contribution in [-0.4, -0.2) is 69.9 Å². The summed E-state index contributed by atoms with van der Waals surface area (Å²) in [4.78, 5) is 16.8. The van der Waals surface area contributed by atoms with E-state index in [1.807, 2.05) is 55.5 Å². The van der Waals surface area contributed by atoms with Gasteiger partial charge in [0.2, 0.25) is 0 Å². The molecule has 1 N–H and O–H groups in total. The molecule has 128 valence electrons. The maximum atomic E-state index is 13.0. The Kier molecular flexibility index (Phi) is 4.69. The first-order chi connectivity index (χ1) is 11.5. The highest BCUT2D eigenvalue weighted by Gasteiger charge is 2.36. The molecule has 1 atom stereocenters. The van der Waals surface area contributed by atoms with Gasteiger partial charge in [-0.15, -0.1) is 0 Å². The number of amides is 1. The maximum absolute atomic E-state index is 13.0. The Balaban J connectivity index is 1.85. The predicted octanol–water partition coefficient (Wildman–Crippen LogP) is 1.40. The Labute approximate surface area is 142 Å². The van der Waals surface area contributed by atoms with Crippen LogP contribution < -0.4 is 0 Å². The molecule has 1 amide bonds. The van der Waals surface area contributed by atoms with Crippen molar-refractivity contribution >= 4 is 5.91 Å². The van der Waals surface area contributed by atoms with Crippen molar-refractivity contribution in [2.45, 2.75) is 18.4 Å². The second kappa shape index (κ2) is 6.75. The number of piperidine rings is 1. The Bertz CT molecular complexity index is 699. The summed E-state index contributed by atoms with van der Waals surface area (Å²) in [5, 5.41) is 15.0. The number of benzene rings is 1. The Morgan fingerprint density at radius 3 is 2.83 bits per heavy atom. The molecule has 1 aromatic heterocycles. The standard InChI is InChI=1S/C18H24N4O2/c1-20(2)13-18(24)9-5-11-21(14-18)17(23)15-7-3-4-8-16(15)22-12-6-10-19-22/h3-4,6-8,10,12,24H,5,9,11,13-14H2,1-2H3. The predicted molar refractivity (Wildman–Crippen MR) is 92.2 cm³/mol.